The summed E-state index contributed by atoms with van der Waals surface area (Å²) in [6, 6.07) is 8.41. The molecule has 0 aromatic heterocycles. The van der Waals surface area contributed by atoms with Gasteiger partial charge in [-0.25, -0.2) is 0 Å². The van der Waals surface area contributed by atoms with Crippen LogP contribution in [-0.2, 0) is 0 Å². The summed E-state index contributed by atoms with van der Waals surface area (Å²) in [6.45, 7) is 2.78. The lowest BCUT2D eigenvalue weighted by molar-refractivity contribution is 0.159. The Labute approximate surface area is 72.2 Å². The number of aliphatic hydroxyl groups is 1. The normalized spacial score (nSPS) is 28.2. The smallest absolute Gasteiger partial charge is 0.0917 e. The molecule has 1 aliphatic heterocycles. The summed E-state index contributed by atoms with van der Waals surface area (Å²) >= 11 is 0. The van der Waals surface area contributed by atoms with Gasteiger partial charge in [0.2, 0.25) is 0 Å². The second-order valence-corrected chi connectivity index (χ2v) is 3.27. The summed E-state index contributed by atoms with van der Waals surface area (Å²) in [5, 5.41) is 12.9. The van der Waals surface area contributed by atoms with E-state index < -0.39 is 0 Å². The number of fused-ring (bicyclic) bond motifs is 1. The van der Waals surface area contributed by atoms with Gasteiger partial charge in [-0.3, -0.25) is 0 Å². The van der Waals surface area contributed by atoms with E-state index in [0.29, 0.717) is 12.6 Å². The lowest BCUT2D eigenvalue weighted by atomic mass is 9.94. The molecule has 12 heavy (non-hydrogen) atoms. The highest BCUT2D eigenvalue weighted by atomic mass is 16.3. The van der Waals surface area contributed by atoms with E-state index in [1.807, 2.05) is 18.2 Å². The van der Waals surface area contributed by atoms with E-state index >= 15 is 0 Å². The van der Waals surface area contributed by atoms with Crippen LogP contribution in [0.1, 0.15) is 30.2 Å². The minimum Gasteiger partial charge on any atom is -0.387 e. The van der Waals surface area contributed by atoms with Gasteiger partial charge in [0.25, 0.3) is 0 Å². The Hall–Kier alpha value is -0.860. The quantitative estimate of drug-likeness (QED) is 0.605. The van der Waals surface area contributed by atoms with Crippen molar-refractivity contribution in [3.05, 3.63) is 35.4 Å². The first-order valence-corrected chi connectivity index (χ1v) is 4.29. The van der Waals surface area contributed by atoms with Gasteiger partial charge in [0.1, 0.15) is 0 Å². The first kappa shape index (κ1) is 7.77. The topological polar surface area (TPSA) is 32.3 Å². The Morgan fingerprint density at radius 2 is 2.00 bits per heavy atom. The molecule has 2 N–H and O–H groups in total. The van der Waals surface area contributed by atoms with Crippen molar-refractivity contribution in [1.82, 2.24) is 5.32 Å². The highest BCUT2D eigenvalue weighted by Gasteiger charge is 2.21. The summed E-state index contributed by atoms with van der Waals surface area (Å²) in [5.74, 6) is 0. The molecule has 2 nitrogen and oxygen atoms in total. The van der Waals surface area contributed by atoms with Gasteiger partial charge in [0, 0.05) is 12.6 Å². The van der Waals surface area contributed by atoms with E-state index in [2.05, 4.69) is 18.3 Å². The molecular formula is C10H13NO. The number of hydrogen-bond acceptors (Lipinski definition) is 2. The second kappa shape index (κ2) is 2.88. The highest BCUT2D eigenvalue weighted by molar-refractivity contribution is 5.33. The maximum Gasteiger partial charge on any atom is 0.0917 e. The van der Waals surface area contributed by atoms with Gasteiger partial charge in [-0.05, 0) is 18.1 Å². The summed E-state index contributed by atoms with van der Waals surface area (Å²) in [4.78, 5) is 0. The van der Waals surface area contributed by atoms with Gasteiger partial charge >= 0.3 is 0 Å². The van der Waals surface area contributed by atoms with Crippen molar-refractivity contribution in [2.75, 3.05) is 6.54 Å². The number of hydrogen-bond donors (Lipinski definition) is 2. The molecule has 2 atom stereocenters. The Morgan fingerprint density at radius 1 is 1.33 bits per heavy atom. The Balaban J connectivity index is 2.47. The van der Waals surface area contributed by atoms with Crippen molar-refractivity contribution in [2.24, 2.45) is 0 Å². The monoisotopic (exact) mass is 163 g/mol. The summed E-state index contributed by atoms with van der Waals surface area (Å²) in [6.07, 6.45) is -0.336. The summed E-state index contributed by atoms with van der Waals surface area (Å²) in [5.41, 5.74) is 2.29. The first-order chi connectivity index (χ1) is 5.79. The fourth-order valence-electron chi connectivity index (χ4n) is 1.72. The molecule has 0 aliphatic carbocycles. The number of β-amino-alcohol motifs (C(OH)–C–C–N with tert-alkyl or cyclic N) is 1. The van der Waals surface area contributed by atoms with Crippen LogP contribution in [0.5, 0.6) is 0 Å². The minimum absolute atomic E-state index is 0.336. The summed E-state index contributed by atoms with van der Waals surface area (Å²) in [7, 11) is 0. The first-order valence-electron chi connectivity index (χ1n) is 4.29. The summed E-state index contributed by atoms with van der Waals surface area (Å²) < 4.78 is 0. The van der Waals surface area contributed by atoms with E-state index in [9.17, 15) is 5.11 Å². The third kappa shape index (κ3) is 1.13. The third-order valence-corrected chi connectivity index (χ3v) is 2.44. The van der Waals surface area contributed by atoms with Crippen LogP contribution in [-0.4, -0.2) is 11.7 Å². The molecule has 64 valence electrons. The zero-order valence-electron chi connectivity index (χ0n) is 7.12. The van der Waals surface area contributed by atoms with Crippen LogP contribution in [0, 0.1) is 0 Å². The number of rotatable bonds is 0. The van der Waals surface area contributed by atoms with Crippen molar-refractivity contribution in [3.8, 4) is 0 Å². The molecule has 0 radical (unpaired) electrons. The fourth-order valence-corrected chi connectivity index (χ4v) is 1.72. The van der Waals surface area contributed by atoms with Crippen LogP contribution >= 0.6 is 0 Å². The van der Waals surface area contributed by atoms with Crippen LogP contribution in [0.2, 0.25) is 0 Å². The lowest BCUT2D eigenvalue weighted by Crippen LogP contribution is -2.31. The van der Waals surface area contributed by atoms with E-state index in [1.165, 1.54) is 5.56 Å². The van der Waals surface area contributed by atoms with Gasteiger partial charge in [0.05, 0.1) is 6.10 Å². The van der Waals surface area contributed by atoms with Crippen molar-refractivity contribution in [2.45, 2.75) is 19.1 Å². The van der Waals surface area contributed by atoms with Gasteiger partial charge in [-0.2, -0.15) is 0 Å². The predicted octanol–water partition coefficient (Wildman–Crippen LogP) is 1.38. The molecule has 1 aromatic rings. The van der Waals surface area contributed by atoms with Crippen molar-refractivity contribution in [3.63, 3.8) is 0 Å². The average Bonchev–Trinajstić information content (AvgIpc) is 2.12. The average molecular weight is 163 g/mol. The van der Waals surface area contributed by atoms with E-state index in [1.54, 1.807) is 0 Å². The Kier molecular flexibility index (Phi) is 1.87. The van der Waals surface area contributed by atoms with E-state index in [0.717, 1.165) is 5.56 Å². The maximum atomic E-state index is 9.62. The molecule has 0 saturated carbocycles. The fraction of sp³-hybridized carbons (Fsp3) is 0.400. The molecule has 1 unspecified atom stereocenters. The van der Waals surface area contributed by atoms with Crippen LogP contribution in [0.4, 0.5) is 0 Å². The van der Waals surface area contributed by atoms with E-state index in [-0.39, 0.29) is 6.10 Å². The van der Waals surface area contributed by atoms with Crippen molar-refractivity contribution < 1.29 is 5.11 Å². The molecule has 1 aromatic carbocycles. The van der Waals surface area contributed by atoms with Crippen LogP contribution in [0.15, 0.2) is 24.3 Å². The zero-order valence-corrected chi connectivity index (χ0v) is 7.12. The molecule has 0 spiro atoms. The van der Waals surface area contributed by atoms with Gasteiger partial charge in [0.15, 0.2) is 0 Å². The largest absolute Gasteiger partial charge is 0.387 e. The highest BCUT2D eigenvalue weighted by Crippen LogP contribution is 2.27. The SMILES string of the molecule is C[C@H]1NCC(O)c2ccccc21. The Morgan fingerprint density at radius 3 is 2.67 bits per heavy atom. The van der Waals surface area contributed by atoms with Crippen LogP contribution < -0.4 is 5.32 Å². The number of aliphatic hydroxyl groups excluding tert-OH is 1. The van der Waals surface area contributed by atoms with Crippen molar-refractivity contribution in [1.29, 1.82) is 0 Å². The van der Waals surface area contributed by atoms with Crippen molar-refractivity contribution >= 4 is 0 Å². The molecule has 1 heterocycles. The van der Waals surface area contributed by atoms with Crippen LogP contribution in [0.25, 0.3) is 0 Å². The zero-order chi connectivity index (χ0) is 8.55. The molecule has 0 saturated heterocycles. The number of benzene rings is 1. The van der Waals surface area contributed by atoms with Gasteiger partial charge < -0.3 is 10.4 Å². The molecule has 2 rings (SSSR count). The number of nitrogens with one attached hydrogen (secondary N) is 1. The lowest BCUT2D eigenvalue weighted by Gasteiger charge is -2.27. The van der Waals surface area contributed by atoms with E-state index in [4.69, 9.17) is 0 Å². The second-order valence-electron chi connectivity index (χ2n) is 3.27. The Bertz CT molecular complexity index is 256. The predicted molar refractivity (Wildman–Crippen MR) is 47.8 cm³/mol. The maximum absolute atomic E-state index is 9.62. The molecular weight excluding hydrogens is 150 g/mol. The molecule has 0 fully saturated rings. The third-order valence-electron chi connectivity index (χ3n) is 2.44. The standard InChI is InChI=1S/C10H13NO/c1-7-8-4-2-3-5-9(8)10(12)6-11-7/h2-5,7,10-12H,6H2,1H3/t7-,10?/m1/s1. The molecule has 0 bridgehead atoms. The van der Waals surface area contributed by atoms with Gasteiger partial charge in [-0.15, -0.1) is 0 Å². The molecule has 0 amide bonds. The van der Waals surface area contributed by atoms with Crippen LogP contribution in [0.3, 0.4) is 0 Å². The minimum atomic E-state index is -0.336. The molecule has 1 aliphatic rings. The molecule has 2 heteroatoms. The van der Waals surface area contributed by atoms with Gasteiger partial charge in [-0.1, -0.05) is 24.3 Å².